The van der Waals surface area contributed by atoms with Crippen LogP contribution in [0.25, 0.3) is 11.4 Å². The molecular formula is C22H23N5O3. The summed E-state index contributed by atoms with van der Waals surface area (Å²) >= 11 is 0. The number of benzene rings is 1. The molecule has 0 bridgehead atoms. The first kappa shape index (κ1) is 19.5. The predicted molar refractivity (Wildman–Crippen MR) is 111 cm³/mol. The molecule has 0 atom stereocenters. The van der Waals surface area contributed by atoms with Gasteiger partial charge in [-0.25, -0.2) is 4.98 Å². The number of nitrogens with zero attached hydrogens (tertiary/aromatic N) is 3. The quantitative estimate of drug-likeness (QED) is 0.491. The number of hydrogen-bond acceptors (Lipinski definition) is 5. The number of furan rings is 1. The Morgan fingerprint density at radius 2 is 2.03 bits per heavy atom. The zero-order valence-corrected chi connectivity index (χ0v) is 17.1. The third-order valence-corrected chi connectivity index (χ3v) is 5.01. The number of carbonyl (C=O) groups excluding carboxylic acids is 1. The van der Waals surface area contributed by atoms with Crippen molar-refractivity contribution < 1.29 is 13.9 Å². The Morgan fingerprint density at radius 1 is 1.23 bits per heavy atom. The highest BCUT2D eigenvalue weighted by Gasteiger charge is 2.17. The molecule has 154 valence electrons. The molecule has 0 aliphatic rings. The summed E-state index contributed by atoms with van der Waals surface area (Å²) in [6, 6.07) is 13.1. The maximum Gasteiger partial charge on any atom is 0.253 e. The van der Waals surface area contributed by atoms with Crippen molar-refractivity contribution in [1.29, 1.82) is 0 Å². The summed E-state index contributed by atoms with van der Waals surface area (Å²) in [6.45, 7) is 4.75. The average Bonchev–Trinajstić information content (AvgIpc) is 3.50. The van der Waals surface area contributed by atoms with E-state index in [1.54, 1.807) is 13.4 Å². The van der Waals surface area contributed by atoms with Crippen molar-refractivity contribution in [1.82, 2.24) is 25.1 Å². The van der Waals surface area contributed by atoms with Gasteiger partial charge in [0.1, 0.15) is 17.3 Å². The zero-order chi connectivity index (χ0) is 21.1. The Morgan fingerprint density at radius 3 is 2.73 bits per heavy atom. The number of aryl methyl sites for hydroxylation is 1. The monoisotopic (exact) mass is 405 g/mol. The minimum atomic E-state index is -0.156. The molecule has 0 unspecified atom stereocenters. The van der Waals surface area contributed by atoms with Gasteiger partial charge in [0.05, 0.1) is 32.0 Å². The van der Waals surface area contributed by atoms with Gasteiger partial charge in [0.25, 0.3) is 5.91 Å². The van der Waals surface area contributed by atoms with E-state index in [1.165, 1.54) is 0 Å². The molecule has 2 N–H and O–H groups in total. The van der Waals surface area contributed by atoms with E-state index in [4.69, 9.17) is 9.15 Å². The Balaban J connectivity index is 1.42. The van der Waals surface area contributed by atoms with Crippen LogP contribution in [0.2, 0.25) is 0 Å². The molecule has 3 aromatic heterocycles. The molecule has 1 aromatic carbocycles. The van der Waals surface area contributed by atoms with Gasteiger partial charge in [0.2, 0.25) is 0 Å². The molecule has 0 saturated heterocycles. The lowest BCUT2D eigenvalue weighted by molar-refractivity contribution is 0.0949. The molecule has 1 amide bonds. The topological polar surface area (TPSA) is 98.0 Å². The first-order valence-corrected chi connectivity index (χ1v) is 9.58. The number of aromatic amines is 1. The fourth-order valence-electron chi connectivity index (χ4n) is 3.34. The number of carbonyl (C=O) groups is 1. The molecule has 0 fully saturated rings. The number of rotatable bonds is 7. The summed E-state index contributed by atoms with van der Waals surface area (Å²) in [4.78, 5) is 17.2. The maximum atomic E-state index is 12.7. The van der Waals surface area contributed by atoms with Crippen molar-refractivity contribution in [3.05, 3.63) is 77.3 Å². The van der Waals surface area contributed by atoms with Gasteiger partial charge < -0.3 is 19.0 Å². The number of amides is 1. The number of nitrogens with one attached hydrogen (secondary N) is 2. The first-order valence-electron chi connectivity index (χ1n) is 9.58. The summed E-state index contributed by atoms with van der Waals surface area (Å²) in [5.41, 5.74) is 3.38. The molecule has 8 heteroatoms. The second-order valence-corrected chi connectivity index (χ2v) is 6.97. The molecule has 4 rings (SSSR count). The largest absolute Gasteiger partial charge is 0.497 e. The molecule has 0 aliphatic heterocycles. The smallest absolute Gasteiger partial charge is 0.253 e. The van der Waals surface area contributed by atoms with E-state index in [1.807, 2.05) is 56.3 Å². The number of hydrogen-bond donors (Lipinski definition) is 2. The van der Waals surface area contributed by atoms with E-state index in [2.05, 4.69) is 25.1 Å². The number of methoxy groups -OCH3 is 1. The van der Waals surface area contributed by atoms with Gasteiger partial charge in [-0.15, -0.1) is 0 Å². The second-order valence-electron chi connectivity index (χ2n) is 6.97. The van der Waals surface area contributed by atoms with Gasteiger partial charge in [-0.3, -0.25) is 9.89 Å². The second kappa shape index (κ2) is 8.28. The summed E-state index contributed by atoms with van der Waals surface area (Å²) in [5, 5.41) is 10.0. The van der Waals surface area contributed by atoms with E-state index < -0.39 is 0 Å². The first-order chi connectivity index (χ1) is 14.5. The van der Waals surface area contributed by atoms with Gasteiger partial charge in [0.15, 0.2) is 5.82 Å². The van der Waals surface area contributed by atoms with E-state index >= 15 is 0 Å². The molecule has 4 aromatic rings. The minimum absolute atomic E-state index is 0.156. The predicted octanol–water partition coefficient (Wildman–Crippen LogP) is 3.47. The van der Waals surface area contributed by atoms with Crippen LogP contribution < -0.4 is 10.1 Å². The number of ether oxygens (including phenoxy) is 1. The van der Waals surface area contributed by atoms with E-state index in [-0.39, 0.29) is 12.5 Å². The molecule has 8 nitrogen and oxygen atoms in total. The number of H-pyrrole nitrogens is 1. The van der Waals surface area contributed by atoms with Crippen molar-refractivity contribution in [3.63, 3.8) is 0 Å². The standard InChI is InChI=1S/C22H23N5O3/c1-14-11-19(15(2)27(14)13-18-5-4-10-30-18)22(28)23-12-20-24-21(26-25-20)16-6-8-17(29-3)9-7-16/h4-11H,12-13H2,1-3H3,(H,23,28)(H,24,25,26). The van der Waals surface area contributed by atoms with Crippen LogP contribution in [-0.2, 0) is 13.1 Å². The minimum Gasteiger partial charge on any atom is -0.497 e. The van der Waals surface area contributed by atoms with Crippen LogP contribution >= 0.6 is 0 Å². The molecule has 0 saturated carbocycles. The average molecular weight is 405 g/mol. The van der Waals surface area contributed by atoms with Crippen LogP contribution in [0.1, 0.15) is 33.3 Å². The Kier molecular flexibility index (Phi) is 5.38. The SMILES string of the molecule is COc1ccc(-c2n[nH]c(CNC(=O)c3cc(C)n(Cc4ccco4)c3C)n2)cc1. The van der Waals surface area contributed by atoms with Crippen LogP contribution in [-0.4, -0.2) is 32.8 Å². The van der Waals surface area contributed by atoms with Crippen LogP contribution in [0.3, 0.4) is 0 Å². The lowest BCUT2D eigenvalue weighted by atomic mass is 10.2. The van der Waals surface area contributed by atoms with E-state index in [0.717, 1.165) is 28.5 Å². The normalized spacial score (nSPS) is 10.9. The van der Waals surface area contributed by atoms with E-state index in [0.29, 0.717) is 23.8 Å². The lowest BCUT2D eigenvalue weighted by Crippen LogP contribution is -2.24. The third-order valence-electron chi connectivity index (χ3n) is 5.01. The third kappa shape index (κ3) is 3.98. The molecule has 0 aliphatic carbocycles. The number of aromatic nitrogens is 4. The highest BCUT2D eigenvalue weighted by atomic mass is 16.5. The van der Waals surface area contributed by atoms with Crippen LogP contribution in [0.15, 0.2) is 53.1 Å². The fraction of sp³-hybridized carbons (Fsp3) is 0.227. The van der Waals surface area contributed by atoms with Gasteiger partial charge in [-0.05, 0) is 56.3 Å². The zero-order valence-electron chi connectivity index (χ0n) is 17.1. The van der Waals surface area contributed by atoms with Crippen molar-refractivity contribution in [2.75, 3.05) is 7.11 Å². The lowest BCUT2D eigenvalue weighted by Gasteiger charge is -2.08. The van der Waals surface area contributed by atoms with Gasteiger partial charge in [-0.2, -0.15) is 5.10 Å². The molecule has 0 spiro atoms. The molecular weight excluding hydrogens is 382 g/mol. The summed E-state index contributed by atoms with van der Waals surface area (Å²) in [7, 11) is 1.62. The molecule has 3 heterocycles. The maximum absolute atomic E-state index is 12.7. The Labute approximate surface area is 173 Å². The van der Waals surface area contributed by atoms with Crippen molar-refractivity contribution in [3.8, 4) is 17.1 Å². The summed E-state index contributed by atoms with van der Waals surface area (Å²) < 4.78 is 12.6. The van der Waals surface area contributed by atoms with Gasteiger partial charge in [-0.1, -0.05) is 0 Å². The van der Waals surface area contributed by atoms with Crippen molar-refractivity contribution >= 4 is 5.91 Å². The summed E-state index contributed by atoms with van der Waals surface area (Å²) in [5.74, 6) is 2.61. The van der Waals surface area contributed by atoms with Crippen molar-refractivity contribution in [2.24, 2.45) is 0 Å². The summed E-state index contributed by atoms with van der Waals surface area (Å²) in [6.07, 6.45) is 1.65. The van der Waals surface area contributed by atoms with Crippen molar-refractivity contribution in [2.45, 2.75) is 26.9 Å². The Bertz CT molecular complexity index is 1140. The van der Waals surface area contributed by atoms with E-state index in [9.17, 15) is 4.79 Å². The fourth-order valence-corrected chi connectivity index (χ4v) is 3.34. The highest BCUT2D eigenvalue weighted by Crippen LogP contribution is 2.20. The van der Waals surface area contributed by atoms with Crippen LogP contribution in [0.4, 0.5) is 0 Å². The van der Waals surface area contributed by atoms with Crippen LogP contribution in [0.5, 0.6) is 5.75 Å². The van der Waals surface area contributed by atoms with Gasteiger partial charge >= 0.3 is 0 Å². The Hall–Kier alpha value is -3.81. The van der Waals surface area contributed by atoms with Gasteiger partial charge in [0, 0.05) is 17.0 Å². The molecule has 0 radical (unpaired) electrons. The van der Waals surface area contributed by atoms with Crippen LogP contribution in [0, 0.1) is 13.8 Å². The molecule has 30 heavy (non-hydrogen) atoms. The highest BCUT2D eigenvalue weighted by molar-refractivity contribution is 5.95.